The summed E-state index contributed by atoms with van der Waals surface area (Å²) in [6.45, 7) is 2.52. The quantitative estimate of drug-likeness (QED) is 0.496. The summed E-state index contributed by atoms with van der Waals surface area (Å²) in [7, 11) is 0. The minimum atomic E-state index is -1.72. The molecule has 1 aromatic rings. The second-order valence-corrected chi connectivity index (χ2v) is 4.88. The molecule has 1 saturated heterocycles. The van der Waals surface area contributed by atoms with Gasteiger partial charge in [-0.3, -0.25) is 4.57 Å². The van der Waals surface area contributed by atoms with Crippen LogP contribution >= 0.6 is 0 Å². The van der Waals surface area contributed by atoms with Crippen molar-refractivity contribution in [3.63, 3.8) is 0 Å². The van der Waals surface area contributed by atoms with Crippen LogP contribution in [0, 0.1) is 6.92 Å². The smallest absolute Gasteiger partial charge is 0.351 e. The van der Waals surface area contributed by atoms with Gasteiger partial charge < -0.3 is 25.8 Å². The fraction of sp³-hybridized carbons (Fsp3) is 0.636. The van der Waals surface area contributed by atoms with Gasteiger partial charge in [0, 0.05) is 11.8 Å². The van der Waals surface area contributed by atoms with Crippen LogP contribution in [0.15, 0.2) is 11.0 Å². The van der Waals surface area contributed by atoms with Crippen molar-refractivity contribution in [1.82, 2.24) is 9.55 Å². The summed E-state index contributed by atoms with van der Waals surface area (Å²) in [5, 5.41) is 29.2. The van der Waals surface area contributed by atoms with Gasteiger partial charge in [-0.1, -0.05) is 0 Å². The Bertz CT molecular complexity index is 542. The van der Waals surface area contributed by atoms with Crippen LogP contribution in [0.2, 0.25) is 0 Å². The van der Waals surface area contributed by atoms with Gasteiger partial charge in [0.25, 0.3) is 0 Å². The fourth-order valence-corrected chi connectivity index (χ4v) is 2.14. The van der Waals surface area contributed by atoms with Gasteiger partial charge in [0.2, 0.25) is 0 Å². The standard InChI is InChI=1S/C11H17N3O5/c1-5-3-14(10(17)13-8(5)12)9-11(2,18)7(16)6(4-15)19-9/h3,6-7,9,15-16,18H,4H2,1-2H3,(H2,12,13,17)/t6-,7-,9-,11-/m1/s1. The van der Waals surface area contributed by atoms with Crippen molar-refractivity contribution in [3.05, 3.63) is 22.2 Å². The molecule has 1 aromatic heterocycles. The van der Waals surface area contributed by atoms with Gasteiger partial charge in [0.05, 0.1) is 6.61 Å². The highest BCUT2D eigenvalue weighted by molar-refractivity contribution is 5.35. The number of nitrogens with zero attached hydrogens (tertiary/aromatic N) is 2. The predicted molar refractivity (Wildman–Crippen MR) is 65.3 cm³/mol. The maximum Gasteiger partial charge on any atom is 0.351 e. The van der Waals surface area contributed by atoms with Gasteiger partial charge >= 0.3 is 5.69 Å². The summed E-state index contributed by atoms with van der Waals surface area (Å²) >= 11 is 0. The van der Waals surface area contributed by atoms with Gasteiger partial charge in [-0.15, -0.1) is 0 Å². The molecule has 0 aliphatic carbocycles. The van der Waals surface area contributed by atoms with Gasteiger partial charge in [0.1, 0.15) is 23.6 Å². The molecule has 8 heteroatoms. The minimum absolute atomic E-state index is 0.0955. The van der Waals surface area contributed by atoms with Crippen molar-refractivity contribution in [1.29, 1.82) is 0 Å². The molecule has 0 saturated carbocycles. The number of hydrogen-bond acceptors (Lipinski definition) is 7. The molecule has 1 aliphatic heterocycles. The normalized spacial score (nSPS) is 34.7. The van der Waals surface area contributed by atoms with Gasteiger partial charge in [-0.2, -0.15) is 4.98 Å². The summed E-state index contributed by atoms with van der Waals surface area (Å²) in [4.78, 5) is 15.4. The van der Waals surface area contributed by atoms with E-state index in [1.165, 1.54) is 13.1 Å². The first-order chi connectivity index (χ1) is 8.78. The number of aryl methyl sites for hydroxylation is 1. The highest BCUT2D eigenvalue weighted by Gasteiger charge is 2.53. The highest BCUT2D eigenvalue weighted by Crippen LogP contribution is 2.37. The van der Waals surface area contributed by atoms with Crippen molar-refractivity contribution in [2.24, 2.45) is 0 Å². The van der Waals surface area contributed by atoms with Crippen LogP contribution in [0.5, 0.6) is 0 Å². The molecule has 8 nitrogen and oxygen atoms in total. The zero-order chi connectivity index (χ0) is 14.4. The monoisotopic (exact) mass is 271 g/mol. The second kappa shape index (κ2) is 4.57. The molecule has 0 aromatic carbocycles. The molecule has 0 bridgehead atoms. The zero-order valence-electron chi connectivity index (χ0n) is 10.6. The Morgan fingerprint density at radius 1 is 1.63 bits per heavy atom. The Labute approximate surface area is 109 Å². The second-order valence-electron chi connectivity index (χ2n) is 4.88. The first-order valence-corrected chi connectivity index (χ1v) is 5.81. The summed E-state index contributed by atoms with van der Waals surface area (Å²) in [6, 6.07) is 0. The Morgan fingerprint density at radius 3 is 2.79 bits per heavy atom. The van der Waals surface area contributed by atoms with E-state index in [4.69, 9.17) is 15.6 Å². The first kappa shape index (κ1) is 13.9. The van der Waals surface area contributed by atoms with E-state index < -0.39 is 36.3 Å². The number of hydrogen-bond donors (Lipinski definition) is 4. The van der Waals surface area contributed by atoms with Crippen molar-refractivity contribution >= 4 is 5.82 Å². The van der Waals surface area contributed by atoms with Crippen molar-refractivity contribution < 1.29 is 20.1 Å². The Morgan fingerprint density at radius 2 is 2.26 bits per heavy atom. The topological polar surface area (TPSA) is 131 Å². The molecular formula is C11H17N3O5. The van der Waals surface area contributed by atoms with Gasteiger partial charge in [0.15, 0.2) is 6.23 Å². The lowest BCUT2D eigenvalue weighted by Crippen LogP contribution is -2.46. The molecule has 2 heterocycles. The van der Waals surface area contributed by atoms with E-state index in [1.807, 2.05) is 0 Å². The summed E-state index contributed by atoms with van der Waals surface area (Å²) in [5.74, 6) is 0.0955. The maximum absolute atomic E-state index is 11.8. The molecule has 1 fully saturated rings. The molecule has 1 aliphatic rings. The lowest BCUT2D eigenvalue weighted by molar-refractivity contribution is -0.0987. The van der Waals surface area contributed by atoms with E-state index in [-0.39, 0.29) is 5.82 Å². The van der Waals surface area contributed by atoms with E-state index in [2.05, 4.69) is 4.98 Å². The SMILES string of the molecule is Cc1cn([C@@H]2O[C@H](CO)[C@@H](O)[C@@]2(C)O)c(=O)nc1N. The molecule has 5 N–H and O–H groups in total. The summed E-state index contributed by atoms with van der Waals surface area (Å²) in [5.41, 5.74) is 3.65. The van der Waals surface area contributed by atoms with Gasteiger partial charge in [-0.05, 0) is 13.8 Å². The molecular weight excluding hydrogens is 254 g/mol. The number of aliphatic hydroxyl groups is 3. The molecule has 0 radical (unpaired) electrons. The third kappa shape index (κ3) is 2.12. The van der Waals surface area contributed by atoms with Crippen LogP contribution in [0.1, 0.15) is 18.7 Å². The largest absolute Gasteiger partial charge is 0.394 e. The summed E-state index contributed by atoms with van der Waals surface area (Å²) < 4.78 is 6.39. The number of ether oxygens (including phenoxy) is 1. The number of aromatic nitrogens is 2. The van der Waals surface area contributed by atoms with Crippen LogP contribution in [-0.4, -0.2) is 49.3 Å². The molecule has 0 amide bonds. The van der Waals surface area contributed by atoms with Crippen LogP contribution in [0.3, 0.4) is 0 Å². The number of anilines is 1. The average molecular weight is 271 g/mol. The average Bonchev–Trinajstić information content (AvgIpc) is 2.56. The van der Waals surface area contributed by atoms with Crippen LogP contribution in [0.25, 0.3) is 0 Å². The fourth-order valence-electron chi connectivity index (χ4n) is 2.14. The molecule has 2 rings (SSSR count). The molecule has 0 spiro atoms. The number of rotatable bonds is 2. The van der Waals surface area contributed by atoms with E-state index in [0.717, 1.165) is 4.57 Å². The number of aliphatic hydroxyl groups excluding tert-OH is 2. The van der Waals surface area contributed by atoms with E-state index in [0.29, 0.717) is 5.56 Å². The Balaban J connectivity index is 2.48. The molecule has 4 atom stereocenters. The first-order valence-electron chi connectivity index (χ1n) is 5.81. The summed E-state index contributed by atoms with van der Waals surface area (Å²) in [6.07, 6.45) is -2.02. The van der Waals surface area contributed by atoms with Crippen LogP contribution < -0.4 is 11.4 Å². The third-order valence-corrected chi connectivity index (χ3v) is 3.36. The lowest BCUT2D eigenvalue weighted by Gasteiger charge is -2.27. The maximum atomic E-state index is 11.8. The molecule has 19 heavy (non-hydrogen) atoms. The Hall–Kier alpha value is -1.48. The predicted octanol–water partition coefficient (Wildman–Crippen LogP) is -1.86. The van der Waals surface area contributed by atoms with Crippen molar-refractivity contribution in [3.8, 4) is 0 Å². The zero-order valence-corrected chi connectivity index (χ0v) is 10.6. The minimum Gasteiger partial charge on any atom is -0.394 e. The highest BCUT2D eigenvalue weighted by atomic mass is 16.6. The van der Waals surface area contributed by atoms with Gasteiger partial charge in [-0.25, -0.2) is 4.79 Å². The number of nitrogens with two attached hydrogens (primary N) is 1. The van der Waals surface area contributed by atoms with Crippen molar-refractivity contribution in [2.75, 3.05) is 12.3 Å². The van der Waals surface area contributed by atoms with E-state index >= 15 is 0 Å². The van der Waals surface area contributed by atoms with Crippen molar-refractivity contribution in [2.45, 2.75) is 37.9 Å². The van der Waals surface area contributed by atoms with Crippen LogP contribution in [0.4, 0.5) is 5.82 Å². The lowest BCUT2D eigenvalue weighted by atomic mass is 9.96. The van der Waals surface area contributed by atoms with E-state index in [1.54, 1.807) is 6.92 Å². The third-order valence-electron chi connectivity index (χ3n) is 3.36. The van der Waals surface area contributed by atoms with E-state index in [9.17, 15) is 15.0 Å². The Kier molecular flexibility index (Phi) is 3.35. The number of nitrogen functional groups attached to an aromatic ring is 1. The van der Waals surface area contributed by atoms with Crippen LogP contribution in [-0.2, 0) is 4.74 Å². The molecule has 106 valence electrons. The molecule has 0 unspecified atom stereocenters.